The van der Waals surface area contributed by atoms with Gasteiger partial charge in [0.05, 0.1) is 6.61 Å². The van der Waals surface area contributed by atoms with E-state index in [1.807, 2.05) is 6.92 Å². The Balaban J connectivity index is 1.49. The Kier molecular flexibility index (Phi) is 4.22. The summed E-state index contributed by atoms with van der Waals surface area (Å²) in [4.78, 5) is 37.5. The molecule has 2 aromatic rings. The summed E-state index contributed by atoms with van der Waals surface area (Å²) in [5, 5.41) is 0. The van der Waals surface area contributed by atoms with Crippen molar-refractivity contribution in [1.29, 1.82) is 0 Å². The molecule has 2 unspecified atom stereocenters. The summed E-state index contributed by atoms with van der Waals surface area (Å²) in [5.74, 6) is 0.187. The van der Waals surface area contributed by atoms with E-state index < -0.39 is 0 Å². The zero-order valence-corrected chi connectivity index (χ0v) is 14.8. The van der Waals surface area contributed by atoms with Crippen LogP contribution in [0, 0.1) is 18.3 Å². The van der Waals surface area contributed by atoms with E-state index in [0.29, 0.717) is 31.6 Å². The Morgan fingerprint density at radius 2 is 2.23 bits per heavy atom. The van der Waals surface area contributed by atoms with Crippen LogP contribution in [-0.2, 0) is 0 Å². The second-order valence-electron chi connectivity index (χ2n) is 7.38. The van der Waals surface area contributed by atoms with Crippen LogP contribution < -0.4 is 10.3 Å². The fourth-order valence-electron chi connectivity index (χ4n) is 4.23. The Hall–Kier alpha value is -2.70. The third-order valence-corrected chi connectivity index (χ3v) is 5.62. The largest absolute Gasteiger partial charge is 0.463 e. The number of ether oxygens (including phenoxy) is 1. The minimum absolute atomic E-state index is 0.0779. The van der Waals surface area contributed by atoms with Crippen molar-refractivity contribution >= 4 is 5.91 Å². The third kappa shape index (κ3) is 2.98. The van der Waals surface area contributed by atoms with E-state index >= 15 is 0 Å². The second-order valence-corrected chi connectivity index (χ2v) is 7.38. The molecule has 2 fully saturated rings. The van der Waals surface area contributed by atoms with E-state index in [0.717, 1.165) is 24.8 Å². The summed E-state index contributed by atoms with van der Waals surface area (Å²) >= 11 is 0. The van der Waals surface area contributed by atoms with Crippen LogP contribution in [0.25, 0.3) is 0 Å². The first-order valence-corrected chi connectivity index (χ1v) is 8.96. The number of rotatable bonds is 4. The van der Waals surface area contributed by atoms with Crippen LogP contribution in [-0.4, -0.2) is 45.5 Å². The number of amides is 1. The number of likely N-dealkylation sites (tertiary alicyclic amines) is 1. The highest BCUT2D eigenvalue weighted by atomic mass is 16.5. The Morgan fingerprint density at radius 3 is 3.00 bits per heavy atom. The number of aromatic nitrogens is 3. The smallest absolute Gasteiger partial charge is 0.316 e. The first-order valence-electron chi connectivity index (χ1n) is 8.96. The van der Waals surface area contributed by atoms with Crippen LogP contribution in [0.3, 0.4) is 0 Å². The monoisotopic (exact) mass is 354 g/mol. The van der Waals surface area contributed by atoms with Crippen molar-refractivity contribution in [3.05, 3.63) is 52.2 Å². The van der Waals surface area contributed by atoms with Gasteiger partial charge in [0.2, 0.25) is 0 Å². The number of fused-ring (bicyclic) bond motifs is 1. The average molecular weight is 354 g/mol. The van der Waals surface area contributed by atoms with E-state index in [2.05, 4.69) is 15.0 Å². The maximum Gasteiger partial charge on any atom is 0.316 e. The van der Waals surface area contributed by atoms with Crippen molar-refractivity contribution in [1.82, 2.24) is 19.9 Å². The number of pyridine rings is 1. The molecule has 3 heterocycles. The van der Waals surface area contributed by atoms with E-state index in [-0.39, 0.29) is 22.4 Å². The normalized spacial score (nSPS) is 24.5. The van der Waals surface area contributed by atoms with Gasteiger partial charge in [0.15, 0.2) is 0 Å². The Bertz CT molecular complexity index is 864. The highest BCUT2D eigenvalue weighted by molar-refractivity contribution is 5.94. The molecule has 2 aromatic heterocycles. The molecule has 1 aliphatic heterocycles. The third-order valence-electron chi connectivity index (χ3n) is 5.62. The number of hydrogen-bond acceptors (Lipinski definition) is 5. The fraction of sp³-hybridized carbons (Fsp3) is 0.474. The number of carbonyl (C=O) groups excluding carboxylic acids is 1. The number of nitrogens with one attached hydrogen (secondary N) is 1. The lowest BCUT2D eigenvalue weighted by Gasteiger charge is -2.28. The first-order chi connectivity index (χ1) is 12.6. The molecule has 1 aliphatic carbocycles. The van der Waals surface area contributed by atoms with Gasteiger partial charge in [-0.3, -0.25) is 9.59 Å². The molecule has 4 rings (SSSR count). The molecule has 1 saturated carbocycles. The molecule has 1 amide bonds. The highest BCUT2D eigenvalue weighted by Crippen LogP contribution is 2.49. The lowest BCUT2D eigenvalue weighted by atomic mass is 9.82. The van der Waals surface area contributed by atoms with Crippen molar-refractivity contribution in [2.75, 3.05) is 19.7 Å². The summed E-state index contributed by atoms with van der Waals surface area (Å²) in [6, 6.07) is 3.64. The molecule has 1 saturated heterocycles. The SMILES string of the molecule is Cc1cnc(OCC23CCCC2CN(C(=O)c2ccc[nH]c2=O)C3)nc1. The number of nitrogens with zero attached hydrogens (tertiary/aromatic N) is 3. The molecule has 2 aliphatic rings. The predicted molar refractivity (Wildman–Crippen MR) is 95.0 cm³/mol. The minimum Gasteiger partial charge on any atom is -0.463 e. The standard InChI is InChI=1S/C19H22N4O3/c1-13-8-21-18(22-9-13)26-12-19-6-2-4-14(19)10-23(11-19)17(25)15-5-3-7-20-16(15)24/h3,5,7-9,14H,2,4,6,10-12H2,1H3,(H,20,24). The predicted octanol–water partition coefficient (Wildman–Crippen LogP) is 1.79. The van der Waals surface area contributed by atoms with Crippen LogP contribution in [0.4, 0.5) is 0 Å². The van der Waals surface area contributed by atoms with Gasteiger partial charge in [-0.15, -0.1) is 0 Å². The summed E-state index contributed by atoms with van der Waals surface area (Å²) in [7, 11) is 0. The molecule has 0 bridgehead atoms. The Morgan fingerprint density at radius 1 is 1.42 bits per heavy atom. The van der Waals surface area contributed by atoms with Crippen LogP contribution in [0.5, 0.6) is 6.01 Å². The first kappa shape index (κ1) is 16.8. The quantitative estimate of drug-likeness (QED) is 0.904. The van der Waals surface area contributed by atoms with Gasteiger partial charge in [-0.1, -0.05) is 6.42 Å². The zero-order chi connectivity index (χ0) is 18.1. The lowest BCUT2D eigenvalue weighted by Crippen LogP contribution is -2.37. The molecule has 7 heteroatoms. The molecular weight excluding hydrogens is 332 g/mol. The van der Waals surface area contributed by atoms with Crippen molar-refractivity contribution in [3.8, 4) is 6.01 Å². The zero-order valence-electron chi connectivity index (χ0n) is 14.8. The van der Waals surface area contributed by atoms with Gasteiger partial charge >= 0.3 is 6.01 Å². The van der Waals surface area contributed by atoms with Crippen molar-refractivity contribution in [3.63, 3.8) is 0 Å². The lowest BCUT2D eigenvalue weighted by molar-refractivity contribution is 0.0740. The molecule has 0 radical (unpaired) electrons. The van der Waals surface area contributed by atoms with Crippen molar-refractivity contribution < 1.29 is 9.53 Å². The number of carbonyl (C=O) groups is 1. The maximum atomic E-state index is 12.8. The number of H-pyrrole nitrogens is 1. The van der Waals surface area contributed by atoms with Crippen LogP contribution in [0.2, 0.25) is 0 Å². The summed E-state index contributed by atoms with van der Waals surface area (Å²) in [6.07, 6.45) is 8.23. The second kappa shape index (κ2) is 6.55. The van der Waals surface area contributed by atoms with Gasteiger partial charge in [-0.25, -0.2) is 9.97 Å². The topological polar surface area (TPSA) is 88.2 Å². The van der Waals surface area contributed by atoms with Crippen molar-refractivity contribution in [2.45, 2.75) is 26.2 Å². The summed E-state index contributed by atoms with van der Waals surface area (Å²) in [5.41, 5.74) is 0.768. The van der Waals surface area contributed by atoms with Gasteiger partial charge in [0.1, 0.15) is 5.56 Å². The Labute approximate surface area is 151 Å². The van der Waals surface area contributed by atoms with E-state index in [9.17, 15) is 9.59 Å². The molecule has 136 valence electrons. The molecule has 26 heavy (non-hydrogen) atoms. The molecule has 7 nitrogen and oxygen atoms in total. The maximum absolute atomic E-state index is 12.8. The summed E-state index contributed by atoms with van der Waals surface area (Å²) < 4.78 is 5.88. The van der Waals surface area contributed by atoms with Crippen LogP contribution >= 0.6 is 0 Å². The van der Waals surface area contributed by atoms with E-state index in [1.165, 1.54) is 6.20 Å². The summed E-state index contributed by atoms with van der Waals surface area (Å²) in [6.45, 7) is 3.71. The fourth-order valence-corrected chi connectivity index (χ4v) is 4.23. The van der Waals surface area contributed by atoms with Crippen LogP contribution in [0.1, 0.15) is 35.2 Å². The molecule has 2 atom stereocenters. The number of aromatic amines is 1. The highest BCUT2D eigenvalue weighted by Gasteiger charge is 2.51. The average Bonchev–Trinajstić information content (AvgIpc) is 3.18. The van der Waals surface area contributed by atoms with Crippen LogP contribution in [0.15, 0.2) is 35.5 Å². The van der Waals surface area contributed by atoms with E-state index in [4.69, 9.17) is 4.74 Å². The van der Waals surface area contributed by atoms with Crippen molar-refractivity contribution in [2.24, 2.45) is 11.3 Å². The van der Waals surface area contributed by atoms with Gasteiger partial charge in [0.25, 0.3) is 11.5 Å². The molecule has 1 N–H and O–H groups in total. The van der Waals surface area contributed by atoms with Gasteiger partial charge in [-0.05, 0) is 43.4 Å². The van der Waals surface area contributed by atoms with Gasteiger partial charge in [-0.2, -0.15) is 0 Å². The minimum atomic E-state index is -0.340. The van der Waals surface area contributed by atoms with E-state index in [1.54, 1.807) is 29.4 Å². The van der Waals surface area contributed by atoms with Gasteiger partial charge < -0.3 is 14.6 Å². The number of hydrogen-bond donors (Lipinski definition) is 1. The van der Waals surface area contributed by atoms with Gasteiger partial charge in [0, 0.05) is 37.1 Å². The number of aryl methyl sites for hydroxylation is 1. The molecule has 0 spiro atoms. The molecule has 0 aromatic carbocycles. The molecular formula is C19H22N4O3.